The van der Waals surface area contributed by atoms with Gasteiger partial charge in [0.1, 0.15) is 0 Å². The van der Waals surface area contributed by atoms with E-state index < -0.39 is 11.4 Å². The van der Waals surface area contributed by atoms with Gasteiger partial charge < -0.3 is 5.11 Å². The first-order valence-corrected chi connectivity index (χ1v) is 2.35. The van der Waals surface area contributed by atoms with E-state index in [1.54, 1.807) is 6.07 Å². The van der Waals surface area contributed by atoms with Crippen LogP contribution in [-0.2, 0) is 4.79 Å². The Balaban J connectivity index is 4.53. The van der Waals surface area contributed by atoms with Gasteiger partial charge in [-0.05, 0) is 6.92 Å². The van der Waals surface area contributed by atoms with E-state index in [9.17, 15) is 4.79 Å². The third-order valence-corrected chi connectivity index (χ3v) is 1.08. The number of nitrogens with zero attached hydrogens (tertiary/aromatic N) is 1. The predicted molar refractivity (Wildman–Crippen MR) is 31.6 cm³/mol. The van der Waals surface area contributed by atoms with E-state index in [-0.39, 0.29) is 0 Å². The van der Waals surface area contributed by atoms with Crippen molar-refractivity contribution >= 4 is 5.97 Å². The monoisotopic (exact) mass is 125 g/mol. The predicted octanol–water partition coefficient (Wildman–Crippen LogP) is 0.787. The zero-order valence-electron chi connectivity index (χ0n) is 5.09. The maximum Gasteiger partial charge on any atom is 0.327 e. The van der Waals surface area contributed by atoms with Crippen LogP contribution >= 0.6 is 0 Å². The van der Waals surface area contributed by atoms with Crippen LogP contribution in [0.15, 0.2) is 12.7 Å². The molecule has 0 aliphatic rings. The van der Waals surface area contributed by atoms with Crippen LogP contribution in [0.5, 0.6) is 0 Å². The quantitative estimate of drug-likeness (QED) is 0.555. The van der Waals surface area contributed by atoms with Gasteiger partial charge in [-0.25, -0.2) is 0 Å². The third-order valence-electron chi connectivity index (χ3n) is 1.08. The van der Waals surface area contributed by atoms with Crippen molar-refractivity contribution in [1.82, 2.24) is 0 Å². The highest BCUT2D eigenvalue weighted by atomic mass is 16.4. The molecule has 1 N–H and O–H groups in total. The van der Waals surface area contributed by atoms with Gasteiger partial charge in [-0.3, -0.25) is 4.79 Å². The fourth-order valence-corrected chi connectivity index (χ4v) is 0.181. The van der Waals surface area contributed by atoms with Crippen molar-refractivity contribution < 1.29 is 9.90 Å². The largest absolute Gasteiger partial charge is 0.480 e. The number of hydrogen-bond acceptors (Lipinski definition) is 2. The van der Waals surface area contributed by atoms with Crippen molar-refractivity contribution in [2.45, 2.75) is 6.92 Å². The second-order valence-corrected chi connectivity index (χ2v) is 1.82. The number of hydrogen-bond donors (Lipinski definition) is 1. The summed E-state index contributed by atoms with van der Waals surface area (Å²) < 4.78 is 0. The second-order valence-electron chi connectivity index (χ2n) is 1.82. The van der Waals surface area contributed by atoms with E-state index in [2.05, 4.69) is 6.58 Å². The molecule has 48 valence electrons. The third kappa shape index (κ3) is 1.29. The molecule has 0 saturated carbocycles. The Morgan fingerprint density at radius 1 is 2.00 bits per heavy atom. The second kappa shape index (κ2) is 2.31. The highest BCUT2D eigenvalue weighted by Crippen LogP contribution is 2.14. The molecule has 0 aromatic rings. The van der Waals surface area contributed by atoms with Crippen molar-refractivity contribution in [2.24, 2.45) is 5.41 Å². The number of carbonyl (C=O) groups is 1. The van der Waals surface area contributed by atoms with Crippen molar-refractivity contribution in [2.75, 3.05) is 0 Å². The van der Waals surface area contributed by atoms with Crippen LogP contribution in [0.25, 0.3) is 0 Å². The Morgan fingerprint density at radius 3 is 2.44 bits per heavy atom. The van der Waals surface area contributed by atoms with Crippen LogP contribution in [0.2, 0.25) is 0 Å². The summed E-state index contributed by atoms with van der Waals surface area (Å²) in [5, 5.41) is 16.6. The molecule has 3 heteroatoms. The Kier molecular flexibility index (Phi) is 1.98. The zero-order valence-corrected chi connectivity index (χ0v) is 5.09. The summed E-state index contributed by atoms with van der Waals surface area (Å²) >= 11 is 0. The molecule has 1 atom stereocenters. The first-order valence-electron chi connectivity index (χ1n) is 2.35. The van der Waals surface area contributed by atoms with Crippen LogP contribution < -0.4 is 0 Å². The average molecular weight is 125 g/mol. The molecule has 0 aromatic carbocycles. The fraction of sp³-hybridized carbons (Fsp3) is 0.333. The minimum atomic E-state index is -1.43. The SMILES string of the molecule is C=CC(C)(C#N)C(=O)O. The summed E-state index contributed by atoms with van der Waals surface area (Å²) in [6, 6.07) is 1.61. The van der Waals surface area contributed by atoms with Gasteiger partial charge in [-0.1, -0.05) is 6.08 Å². The van der Waals surface area contributed by atoms with Gasteiger partial charge in [0.25, 0.3) is 0 Å². The summed E-state index contributed by atoms with van der Waals surface area (Å²) in [6.45, 7) is 4.52. The van der Waals surface area contributed by atoms with Crippen LogP contribution in [0.3, 0.4) is 0 Å². The highest BCUT2D eigenvalue weighted by molar-refractivity contribution is 5.79. The fourth-order valence-electron chi connectivity index (χ4n) is 0.181. The normalized spacial score (nSPS) is 15.1. The van der Waals surface area contributed by atoms with E-state index in [1.165, 1.54) is 6.92 Å². The lowest BCUT2D eigenvalue weighted by Crippen LogP contribution is -2.22. The lowest BCUT2D eigenvalue weighted by molar-refractivity contribution is -0.142. The van der Waals surface area contributed by atoms with Crippen LogP contribution in [-0.4, -0.2) is 11.1 Å². The molecule has 0 rings (SSSR count). The molecule has 0 spiro atoms. The van der Waals surface area contributed by atoms with Gasteiger partial charge in [-0.15, -0.1) is 6.58 Å². The Bertz CT molecular complexity index is 180. The molecule has 0 aromatic heterocycles. The average Bonchev–Trinajstić information content (AvgIpc) is 1.86. The molecule has 3 nitrogen and oxygen atoms in total. The molecule has 0 heterocycles. The number of rotatable bonds is 2. The van der Waals surface area contributed by atoms with E-state index in [4.69, 9.17) is 10.4 Å². The number of aliphatic carboxylic acids is 1. The Morgan fingerprint density at radius 2 is 2.44 bits per heavy atom. The first kappa shape index (κ1) is 7.70. The molecule has 0 aliphatic heterocycles. The van der Waals surface area contributed by atoms with Crippen molar-refractivity contribution in [3.63, 3.8) is 0 Å². The summed E-state index contributed by atoms with van der Waals surface area (Å²) in [6.07, 6.45) is 1.11. The molecule has 0 fully saturated rings. The standard InChI is InChI=1S/C6H7NO2/c1-3-6(2,4-7)5(8)9/h3H,1H2,2H3,(H,8,9). The van der Waals surface area contributed by atoms with E-state index in [1.807, 2.05) is 0 Å². The van der Waals surface area contributed by atoms with Crippen molar-refractivity contribution in [1.29, 1.82) is 5.26 Å². The molecule has 0 aliphatic carbocycles. The minimum Gasteiger partial charge on any atom is -0.480 e. The Labute approximate surface area is 53.2 Å². The summed E-state index contributed by atoms with van der Waals surface area (Å²) in [5.41, 5.74) is -1.43. The molecule has 0 bridgehead atoms. The van der Waals surface area contributed by atoms with Gasteiger partial charge in [-0.2, -0.15) is 5.26 Å². The van der Waals surface area contributed by atoms with Gasteiger partial charge in [0.05, 0.1) is 6.07 Å². The summed E-state index contributed by atoms with van der Waals surface area (Å²) in [5.74, 6) is -1.17. The maximum absolute atomic E-state index is 10.2. The molecular weight excluding hydrogens is 118 g/mol. The lowest BCUT2D eigenvalue weighted by Gasteiger charge is -2.07. The van der Waals surface area contributed by atoms with E-state index >= 15 is 0 Å². The van der Waals surface area contributed by atoms with Gasteiger partial charge in [0.2, 0.25) is 0 Å². The van der Waals surface area contributed by atoms with Crippen LogP contribution in [0.4, 0.5) is 0 Å². The maximum atomic E-state index is 10.2. The molecular formula is C6H7NO2. The molecule has 0 amide bonds. The van der Waals surface area contributed by atoms with Gasteiger partial charge in [0.15, 0.2) is 5.41 Å². The first-order chi connectivity index (χ1) is 4.06. The van der Waals surface area contributed by atoms with Gasteiger partial charge in [0, 0.05) is 0 Å². The van der Waals surface area contributed by atoms with Crippen molar-refractivity contribution in [3.05, 3.63) is 12.7 Å². The number of carboxylic acids is 1. The minimum absolute atomic E-state index is 1.11. The molecule has 1 unspecified atom stereocenters. The molecule has 0 saturated heterocycles. The summed E-state index contributed by atoms with van der Waals surface area (Å²) in [4.78, 5) is 10.2. The van der Waals surface area contributed by atoms with Crippen LogP contribution in [0.1, 0.15) is 6.92 Å². The zero-order chi connectivity index (χ0) is 7.49. The van der Waals surface area contributed by atoms with Gasteiger partial charge >= 0.3 is 5.97 Å². The number of carboxylic acid groups (broad SMARTS) is 1. The van der Waals surface area contributed by atoms with Crippen molar-refractivity contribution in [3.8, 4) is 6.07 Å². The number of nitriles is 1. The highest BCUT2D eigenvalue weighted by Gasteiger charge is 2.28. The Hall–Kier alpha value is -1.30. The smallest absolute Gasteiger partial charge is 0.327 e. The molecule has 9 heavy (non-hydrogen) atoms. The summed E-state index contributed by atoms with van der Waals surface area (Å²) in [7, 11) is 0. The van der Waals surface area contributed by atoms with Crippen LogP contribution in [0, 0.1) is 16.7 Å². The lowest BCUT2D eigenvalue weighted by atomic mass is 9.94. The topological polar surface area (TPSA) is 61.1 Å². The van der Waals surface area contributed by atoms with E-state index in [0.717, 1.165) is 6.08 Å². The molecule has 0 radical (unpaired) electrons. The van der Waals surface area contributed by atoms with E-state index in [0.29, 0.717) is 0 Å².